The van der Waals surface area contributed by atoms with Crippen molar-refractivity contribution in [3.8, 4) is 0 Å². The van der Waals surface area contributed by atoms with Crippen molar-refractivity contribution in [2.45, 2.75) is 89.4 Å². The maximum Gasteiger partial charge on any atom is 0.303 e. The average Bonchev–Trinajstić information content (AvgIpc) is 3.87. The molecule has 0 saturated carbocycles. The summed E-state index contributed by atoms with van der Waals surface area (Å²) < 4.78 is 0. The van der Waals surface area contributed by atoms with Gasteiger partial charge >= 0.3 is 5.97 Å². The van der Waals surface area contributed by atoms with E-state index in [1.807, 2.05) is 0 Å². The quantitative estimate of drug-likeness (QED) is 0.172. The highest BCUT2D eigenvalue weighted by atomic mass is 16.4. The zero-order chi connectivity index (χ0) is 34.6. The Balaban J connectivity index is 1.09. The molecule has 8 rings (SSSR count). The summed E-state index contributed by atoms with van der Waals surface area (Å²) in [6.07, 6.45) is 20.1. The summed E-state index contributed by atoms with van der Waals surface area (Å²) in [6, 6.07) is 22.7. The minimum absolute atomic E-state index is 0.0869. The molecule has 1 N–H and O–H groups in total. The second-order valence-corrected chi connectivity index (χ2v) is 15.8. The van der Waals surface area contributed by atoms with Crippen molar-refractivity contribution in [2.75, 3.05) is 29.9 Å². The van der Waals surface area contributed by atoms with Crippen molar-refractivity contribution in [1.29, 1.82) is 0 Å². The zero-order valence-electron chi connectivity index (χ0n) is 30.2. The van der Waals surface area contributed by atoms with E-state index in [-0.39, 0.29) is 17.3 Å². The molecule has 1 unspecified atom stereocenters. The lowest BCUT2D eigenvalue weighted by Gasteiger charge is -2.36. The summed E-state index contributed by atoms with van der Waals surface area (Å²) in [5, 5.41) is 14.7. The number of allylic oxidation sites excluding steroid dienone is 8. The van der Waals surface area contributed by atoms with Gasteiger partial charge in [0.2, 0.25) is 0 Å². The van der Waals surface area contributed by atoms with E-state index in [4.69, 9.17) is 0 Å². The Hall–Kier alpha value is -4.57. The van der Waals surface area contributed by atoms with Crippen molar-refractivity contribution in [2.24, 2.45) is 0 Å². The summed E-state index contributed by atoms with van der Waals surface area (Å²) in [7, 11) is 2.26. The van der Waals surface area contributed by atoms with E-state index in [0.717, 1.165) is 58.0 Å². The van der Waals surface area contributed by atoms with Gasteiger partial charge in [0, 0.05) is 54.5 Å². The number of aryl methyl sites for hydroxylation is 2. The molecule has 0 aromatic heterocycles. The van der Waals surface area contributed by atoms with Gasteiger partial charge in [0.25, 0.3) is 0 Å². The molecule has 3 heterocycles. The Labute approximate surface area is 297 Å². The fraction of sp³-hybridized carbons (Fsp3) is 0.370. The summed E-state index contributed by atoms with van der Waals surface area (Å²) in [6.45, 7) is 9.36. The molecule has 4 aliphatic rings. The van der Waals surface area contributed by atoms with Gasteiger partial charge in [-0.25, -0.2) is 0 Å². The van der Waals surface area contributed by atoms with E-state index >= 15 is 0 Å². The molecule has 4 aromatic carbocycles. The second-order valence-electron chi connectivity index (χ2n) is 15.8. The third kappa shape index (κ3) is 5.48. The summed E-state index contributed by atoms with van der Waals surface area (Å²) in [5.74, 6) is -0.698. The molecule has 50 heavy (non-hydrogen) atoms. The van der Waals surface area contributed by atoms with E-state index < -0.39 is 5.97 Å². The van der Waals surface area contributed by atoms with Crippen LogP contribution < -0.4 is 9.80 Å². The number of nitrogens with zero attached hydrogens (tertiary/aromatic N) is 2. The van der Waals surface area contributed by atoms with E-state index in [9.17, 15) is 9.90 Å². The molecule has 1 aliphatic carbocycles. The third-order valence-electron chi connectivity index (χ3n) is 12.2. The Morgan fingerprint density at radius 1 is 0.860 bits per heavy atom. The number of benzene rings is 4. The SMILES string of the molecule is CN1CCCc2c1c(C(C)(C)C1=CC\1=C/C=C/C=C1\N3CCCc4c3c(cc3ccccc43)C1(C)CCCCCC(=O)O)cc1ccccc21. The largest absolute Gasteiger partial charge is 0.481 e. The van der Waals surface area contributed by atoms with Crippen molar-refractivity contribution >= 4 is 38.9 Å². The smallest absolute Gasteiger partial charge is 0.303 e. The lowest BCUT2D eigenvalue weighted by atomic mass is 9.76. The van der Waals surface area contributed by atoms with E-state index in [2.05, 4.69) is 129 Å². The first-order chi connectivity index (χ1) is 24.2. The predicted octanol–water partition coefficient (Wildman–Crippen LogP) is 10.7. The number of aliphatic carboxylic acids is 1. The van der Waals surface area contributed by atoms with Crippen LogP contribution in [0.3, 0.4) is 0 Å². The van der Waals surface area contributed by atoms with Crippen molar-refractivity contribution in [1.82, 2.24) is 0 Å². The van der Waals surface area contributed by atoms with Crippen LogP contribution in [0.1, 0.15) is 88.0 Å². The number of hydrogen-bond donors (Lipinski definition) is 1. The van der Waals surface area contributed by atoms with Gasteiger partial charge in [-0.2, -0.15) is 0 Å². The number of carboxylic acids is 1. The molecule has 3 aliphatic heterocycles. The molecule has 4 aromatic rings. The molecule has 0 saturated heterocycles. The highest BCUT2D eigenvalue weighted by Gasteiger charge is 2.45. The van der Waals surface area contributed by atoms with Crippen LogP contribution in [-0.4, -0.2) is 31.2 Å². The molecule has 0 amide bonds. The monoisotopic (exact) mass is 662 g/mol. The first-order valence-corrected chi connectivity index (χ1v) is 18.8. The number of hydrogen-bond acceptors (Lipinski definition) is 3. The maximum atomic E-state index is 11.2. The normalized spacial score (nSPS) is 21.4. The number of unbranched alkanes of at least 4 members (excludes halogenated alkanes) is 2. The van der Waals surface area contributed by atoms with Crippen LogP contribution in [0.25, 0.3) is 21.5 Å². The summed E-state index contributed by atoms with van der Waals surface area (Å²) in [5.41, 5.74) is 12.7. The predicted molar refractivity (Wildman–Crippen MR) is 210 cm³/mol. The molecular weight excluding hydrogens is 613 g/mol. The van der Waals surface area contributed by atoms with Crippen LogP contribution in [0.4, 0.5) is 11.4 Å². The second kappa shape index (κ2) is 12.6. The lowest BCUT2D eigenvalue weighted by Crippen LogP contribution is -2.31. The number of carbonyl (C=O) groups is 1. The first kappa shape index (κ1) is 32.6. The third-order valence-corrected chi connectivity index (χ3v) is 12.2. The van der Waals surface area contributed by atoms with Gasteiger partial charge in [-0.1, -0.05) is 93.4 Å². The highest BCUT2D eigenvalue weighted by molar-refractivity contribution is 5.96. The zero-order valence-corrected chi connectivity index (χ0v) is 30.2. The molecular formula is C46H50N2O2. The van der Waals surface area contributed by atoms with Crippen LogP contribution in [0.15, 0.2) is 108 Å². The van der Waals surface area contributed by atoms with Crippen molar-refractivity contribution < 1.29 is 9.90 Å². The molecule has 1 atom stereocenters. The Morgan fingerprint density at radius 3 is 2.26 bits per heavy atom. The Morgan fingerprint density at radius 2 is 1.52 bits per heavy atom. The van der Waals surface area contributed by atoms with Gasteiger partial charge in [-0.05, 0) is 125 Å². The Bertz CT molecular complexity index is 2150. The van der Waals surface area contributed by atoms with Gasteiger partial charge in [0.1, 0.15) is 0 Å². The number of carboxylic acid groups (broad SMARTS) is 1. The number of fused-ring (bicyclic) bond motifs is 5. The first-order valence-electron chi connectivity index (χ1n) is 18.8. The molecule has 256 valence electrons. The molecule has 0 spiro atoms. The standard InChI is InChI=1S/C46H50N2O2/c1-45(2,39-28-31-16-7-10-19-34(31)36-21-14-26-47(4)43(36)39)38-30-33(38)18-9-12-23-41-46(3,25-13-5-6-24-42(49)50)40-29-32-17-8-11-20-35(32)37-22-15-27-48(41)44(37)40/h7-12,16-20,23,28-30H,5-6,13-15,21-22,24-27H2,1-4H3,(H,49,50)/b12-9+,33-18+,41-23-. The lowest BCUT2D eigenvalue weighted by molar-refractivity contribution is -0.137. The van der Waals surface area contributed by atoms with Crippen molar-refractivity contribution in [3.05, 3.63) is 130 Å². The number of rotatable bonds is 10. The van der Waals surface area contributed by atoms with Crippen LogP contribution in [0, 0.1) is 0 Å². The highest BCUT2D eigenvalue weighted by Crippen LogP contribution is 2.55. The van der Waals surface area contributed by atoms with Crippen molar-refractivity contribution in [3.63, 3.8) is 0 Å². The minimum atomic E-state index is -0.698. The maximum absolute atomic E-state index is 11.2. The van der Waals surface area contributed by atoms with Gasteiger partial charge in [0.05, 0.1) is 0 Å². The molecule has 0 bridgehead atoms. The Kier molecular flexibility index (Phi) is 8.25. The van der Waals surface area contributed by atoms with Crippen LogP contribution in [-0.2, 0) is 28.5 Å². The van der Waals surface area contributed by atoms with E-state index in [1.54, 1.807) is 0 Å². The van der Waals surface area contributed by atoms with Crippen LogP contribution in [0.5, 0.6) is 0 Å². The van der Waals surface area contributed by atoms with Gasteiger partial charge in [-0.15, -0.1) is 0 Å². The minimum Gasteiger partial charge on any atom is -0.481 e. The molecule has 0 fully saturated rings. The fourth-order valence-corrected chi connectivity index (χ4v) is 9.50. The summed E-state index contributed by atoms with van der Waals surface area (Å²) >= 11 is 0. The fourth-order valence-electron chi connectivity index (χ4n) is 9.50. The van der Waals surface area contributed by atoms with Gasteiger partial charge in [0.15, 0.2) is 0 Å². The number of anilines is 2. The van der Waals surface area contributed by atoms with Crippen LogP contribution in [0.2, 0.25) is 0 Å². The van der Waals surface area contributed by atoms with Crippen LogP contribution >= 0.6 is 0 Å². The molecule has 4 heteroatoms. The summed E-state index contributed by atoms with van der Waals surface area (Å²) in [4.78, 5) is 16.3. The van der Waals surface area contributed by atoms with E-state index in [1.165, 1.54) is 78.4 Å². The molecule has 0 radical (unpaired) electrons. The molecule has 4 nitrogen and oxygen atoms in total. The topological polar surface area (TPSA) is 43.8 Å². The van der Waals surface area contributed by atoms with Gasteiger partial charge in [-0.3, -0.25) is 4.79 Å². The average molecular weight is 663 g/mol. The van der Waals surface area contributed by atoms with Gasteiger partial charge < -0.3 is 14.9 Å². The van der Waals surface area contributed by atoms with E-state index in [0.29, 0.717) is 0 Å².